The first-order valence-electron chi connectivity index (χ1n) is 6.05. The van der Waals surface area contributed by atoms with E-state index in [-0.39, 0.29) is 23.4 Å². The van der Waals surface area contributed by atoms with E-state index in [9.17, 15) is 13.2 Å². The van der Waals surface area contributed by atoms with Gasteiger partial charge in [0.1, 0.15) is 5.75 Å². The highest BCUT2D eigenvalue weighted by Gasteiger charge is 2.24. The van der Waals surface area contributed by atoms with Crippen LogP contribution in [0.5, 0.6) is 5.75 Å². The molecule has 1 N–H and O–H groups in total. The second-order valence-electron chi connectivity index (χ2n) is 4.28. The van der Waals surface area contributed by atoms with Crippen molar-refractivity contribution < 1.29 is 23.1 Å². The third-order valence-electron chi connectivity index (χ3n) is 2.84. The maximum absolute atomic E-state index is 12.4. The summed E-state index contributed by atoms with van der Waals surface area (Å²) in [5, 5.41) is 17.4. The second-order valence-corrected chi connectivity index (χ2v) is 6.29. The Morgan fingerprint density at radius 2 is 2.14 bits per heavy atom. The Balaban J connectivity index is 3.27. The summed E-state index contributed by atoms with van der Waals surface area (Å²) in [5.41, 5.74) is 0.144. The molecule has 0 saturated heterocycles. The van der Waals surface area contributed by atoms with Gasteiger partial charge in [0.2, 0.25) is 10.0 Å². The molecule has 0 spiro atoms. The van der Waals surface area contributed by atoms with Crippen molar-refractivity contribution in [3.8, 4) is 11.8 Å². The predicted molar refractivity (Wildman–Crippen MR) is 74.4 cm³/mol. The maximum atomic E-state index is 12.4. The molecule has 0 aliphatic rings. The van der Waals surface area contributed by atoms with E-state index in [1.807, 2.05) is 6.07 Å². The number of hydrogen-bond donors (Lipinski definition) is 1. The van der Waals surface area contributed by atoms with Crippen molar-refractivity contribution in [1.82, 2.24) is 4.31 Å². The third-order valence-corrected chi connectivity index (χ3v) is 4.79. The van der Waals surface area contributed by atoms with Gasteiger partial charge in [-0.3, -0.25) is 4.79 Å². The first-order chi connectivity index (χ1) is 9.82. The molecule has 21 heavy (non-hydrogen) atoms. The summed E-state index contributed by atoms with van der Waals surface area (Å²) in [6, 6.07) is 6.02. The fourth-order valence-electron chi connectivity index (χ4n) is 1.73. The number of carbonyl (C=O) groups is 1. The van der Waals surface area contributed by atoms with Gasteiger partial charge in [0, 0.05) is 20.0 Å². The first-order valence-corrected chi connectivity index (χ1v) is 7.49. The van der Waals surface area contributed by atoms with E-state index in [2.05, 4.69) is 0 Å². The number of ether oxygens (including phenoxy) is 1. The first kappa shape index (κ1) is 16.9. The predicted octanol–water partition coefficient (Wildman–Crippen LogP) is 0.856. The van der Waals surface area contributed by atoms with Crippen LogP contribution in [0.2, 0.25) is 0 Å². The highest BCUT2D eigenvalue weighted by molar-refractivity contribution is 7.89. The second kappa shape index (κ2) is 7.06. The van der Waals surface area contributed by atoms with Crippen LogP contribution < -0.4 is 4.74 Å². The lowest BCUT2D eigenvalue weighted by molar-refractivity contribution is -0.136. The van der Waals surface area contributed by atoms with Crippen molar-refractivity contribution in [3.05, 3.63) is 23.8 Å². The summed E-state index contributed by atoms with van der Waals surface area (Å²) >= 11 is 0. The number of rotatable bonds is 7. The molecule has 0 atom stereocenters. The molecule has 1 rings (SSSR count). The molecular weight excluding hydrogens is 296 g/mol. The lowest BCUT2D eigenvalue weighted by atomic mass is 10.1. The van der Waals surface area contributed by atoms with Crippen molar-refractivity contribution in [1.29, 1.82) is 5.26 Å². The van der Waals surface area contributed by atoms with Gasteiger partial charge >= 0.3 is 5.97 Å². The SMILES string of the molecule is COc1ccc(S(=O)(=O)N(C)CCC#N)c(CC(=O)O)c1. The summed E-state index contributed by atoms with van der Waals surface area (Å²) in [4.78, 5) is 10.8. The summed E-state index contributed by atoms with van der Waals surface area (Å²) < 4.78 is 30.9. The molecule has 0 aromatic heterocycles. The van der Waals surface area contributed by atoms with Crippen LogP contribution in [0.4, 0.5) is 0 Å². The number of nitriles is 1. The molecule has 0 fully saturated rings. The van der Waals surface area contributed by atoms with E-state index in [1.54, 1.807) is 0 Å². The van der Waals surface area contributed by atoms with Crippen LogP contribution in [-0.2, 0) is 21.2 Å². The molecule has 0 aliphatic carbocycles. The molecule has 0 bridgehead atoms. The number of carboxylic acids is 1. The highest BCUT2D eigenvalue weighted by Crippen LogP contribution is 2.24. The molecule has 8 heteroatoms. The quantitative estimate of drug-likeness (QED) is 0.800. The van der Waals surface area contributed by atoms with Gasteiger partial charge in [-0.1, -0.05) is 0 Å². The van der Waals surface area contributed by atoms with Crippen molar-refractivity contribution in [2.75, 3.05) is 20.7 Å². The average Bonchev–Trinajstić information content (AvgIpc) is 2.43. The molecule has 0 saturated carbocycles. The van der Waals surface area contributed by atoms with Crippen LogP contribution in [0.15, 0.2) is 23.1 Å². The van der Waals surface area contributed by atoms with E-state index < -0.39 is 22.4 Å². The number of carboxylic acid groups (broad SMARTS) is 1. The van der Waals surface area contributed by atoms with E-state index in [4.69, 9.17) is 15.1 Å². The summed E-state index contributed by atoms with van der Waals surface area (Å²) in [6.45, 7) is 0.0391. The number of nitrogens with zero attached hydrogens (tertiary/aromatic N) is 2. The Kier molecular flexibility index (Phi) is 5.69. The highest BCUT2D eigenvalue weighted by atomic mass is 32.2. The molecule has 0 aliphatic heterocycles. The minimum Gasteiger partial charge on any atom is -0.497 e. The number of hydrogen-bond acceptors (Lipinski definition) is 5. The van der Waals surface area contributed by atoms with Crippen LogP contribution in [0, 0.1) is 11.3 Å². The fourth-order valence-corrected chi connectivity index (χ4v) is 3.10. The van der Waals surface area contributed by atoms with Gasteiger partial charge in [-0.15, -0.1) is 0 Å². The largest absolute Gasteiger partial charge is 0.497 e. The zero-order chi connectivity index (χ0) is 16.0. The smallest absolute Gasteiger partial charge is 0.307 e. The number of benzene rings is 1. The molecule has 0 radical (unpaired) electrons. The van der Waals surface area contributed by atoms with Crippen molar-refractivity contribution in [3.63, 3.8) is 0 Å². The lowest BCUT2D eigenvalue weighted by Crippen LogP contribution is -2.29. The van der Waals surface area contributed by atoms with Crippen LogP contribution in [0.3, 0.4) is 0 Å². The zero-order valence-corrected chi connectivity index (χ0v) is 12.6. The minimum absolute atomic E-state index is 0.0391. The molecule has 1 aromatic carbocycles. The normalized spacial score (nSPS) is 11.1. The Labute approximate surface area is 123 Å². The summed E-state index contributed by atoms with van der Waals surface area (Å²) in [5.74, 6) is -0.760. The Morgan fingerprint density at radius 3 is 2.67 bits per heavy atom. The van der Waals surface area contributed by atoms with E-state index >= 15 is 0 Å². The van der Waals surface area contributed by atoms with Gasteiger partial charge in [-0.05, 0) is 23.8 Å². The zero-order valence-electron chi connectivity index (χ0n) is 11.7. The number of sulfonamides is 1. The molecule has 0 heterocycles. The van der Waals surface area contributed by atoms with Crippen LogP contribution >= 0.6 is 0 Å². The third kappa shape index (κ3) is 4.18. The molecule has 114 valence electrons. The van der Waals surface area contributed by atoms with Crippen molar-refractivity contribution in [2.24, 2.45) is 0 Å². The summed E-state index contributed by atoms with van der Waals surface area (Å²) in [7, 11) is -1.09. The van der Waals surface area contributed by atoms with Gasteiger partial charge in [-0.25, -0.2) is 8.42 Å². The average molecular weight is 312 g/mol. The van der Waals surface area contributed by atoms with Crippen molar-refractivity contribution >= 4 is 16.0 Å². The maximum Gasteiger partial charge on any atom is 0.307 e. The molecule has 0 amide bonds. The molecule has 7 nitrogen and oxygen atoms in total. The lowest BCUT2D eigenvalue weighted by Gasteiger charge is -2.18. The standard InChI is InChI=1S/C13H16N2O5S/c1-15(7-3-6-14)21(18,19)12-5-4-11(20-2)8-10(12)9-13(16)17/h4-5,8H,3,7,9H2,1-2H3,(H,16,17). The van der Waals surface area contributed by atoms with Gasteiger partial charge in [0.25, 0.3) is 0 Å². The Hall–Kier alpha value is -2.11. The van der Waals surface area contributed by atoms with Gasteiger partial charge in [0.05, 0.1) is 24.5 Å². The van der Waals surface area contributed by atoms with E-state index in [0.29, 0.717) is 5.75 Å². The fraction of sp³-hybridized carbons (Fsp3) is 0.385. The monoisotopic (exact) mass is 312 g/mol. The van der Waals surface area contributed by atoms with Crippen LogP contribution in [0.25, 0.3) is 0 Å². The minimum atomic E-state index is -3.85. The van der Waals surface area contributed by atoms with Crippen molar-refractivity contribution in [2.45, 2.75) is 17.7 Å². The van der Waals surface area contributed by atoms with Crippen LogP contribution in [-0.4, -0.2) is 44.5 Å². The van der Waals surface area contributed by atoms with Gasteiger partial charge in [0.15, 0.2) is 0 Å². The van der Waals surface area contributed by atoms with Gasteiger partial charge < -0.3 is 9.84 Å². The number of methoxy groups -OCH3 is 1. The topological polar surface area (TPSA) is 108 Å². The van der Waals surface area contributed by atoms with E-state index in [0.717, 1.165) is 4.31 Å². The Morgan fingerprint density at radius 1 is 1.48 bits per heavy atom. The van der Waals surface area contributed by atoms with Crippen LogP contribution in [0.1, 0.15) is 12.0 Å². The molecule has 0 unspecified atom stereocenters. The molecular formula is C13H16N2O5S. The van der Waals surface area contributed by atoms with E-state index in [1.165, 1.54) is 32.4 Å². The number of aliphatic carboxylic acids is 1. The Bertz CT molecular complexity index is 664. The summed E-state index contributed by atoms with van der Waals surface area (Å²) in [6.07, 6.45) is -0.377. The van der Waals surface area contributed by atoms with Gasteiger partial charge in [-0.2, -0.15) is 9.57 Å². The molecule has 1 aromatic rings.